The fourth-order valence-corrected chi connectivity index (χ4v) is 1.86. The Kier molecular flexibility index (Phi) is 4.05. The molecule has 0 unspecified atom stereocenters. The molecular formula is C15H17FN2. The summed E-state index contributed by atoms with van der Waals surface area (Å²) >= 11 is 0. The van der Waals surface area contributed by atoms with Crippen molar-refractivity contribution in [2.24, 2.45) is 0 Å². The van der Waals surface area contributed by atoms with Crippen LogP contribution in [-0.4, -0.2) is 4.98 Å². The Morgan fingerprint density at radius 1 is 1.28 bits per heavy atom. The molecule has 0 saturated carbocycles. The highest BCUT2D eigenvalue weighted by Gasteiger charge is 2.06. The Morgan fingerprint density at radius 2 is 2.11 bits per heavy atom. The van der Waals surface area contributed by atoms with Gasteiger partial charge in [-0.15, -0.1) is 0 Å². The number of benzene rings is 1. The fraction of sp³-hybridized carbons (Fsp3) is 0.267. The number of halogens is 1. The third kappa shape index (κ3) is 3.14. The van der Waals surface area contributed by atoms with Gasteiger partial charge in [0.15, 0.2) is 0 Å². The highest BCUT2D eigenvalue weighted by Crippen LogP contribution is 2.13. The van der Waals surface area contributed by atoms with E-state index >= 15 is 0 Å². The molecule has 2 rings (SSSR count). The topological polar surface area (TPSA) is 24.9 Å². The van der Waals surface area contributed by atoms with Crippen molar-refractivity contribution in [1.29, 1.82) is 0 Å². The maximum absolute atomic E-state index is 13.0. The van der Waals surface area contributed by atoms with E-state index in [4.69, 9.17) is 0 Å². The zero-order valence-electron chi connectivity index (χ0n) is 10.7. The molecule has 94 valence electrons. The Hall–Kier alpha value is -1.74. The van der Waals surface area contributed by atoms with Gasteiger partial charge in [-0.05, 0) is 49.2 Å². The number of nitrogens with one attached hydrogen (secondary N) is 1. The van der Waals surface area contributed by atoms with E-state index in [1.807, 2.05) is 31.2 Å². The standard InChI is InChI=1S/C15H17FN2/c1-11-9-14(16)7-6-13(11)10-18-12(2)15-5-3-4-8-17-15/h3-9,12,18H,10H2,1-2H3/t12-/m1/s1. The van der Waals surface area contributed by atoms with E-state index in [2.05, 4.69) is 17.2 Å². The van der Waals surface area contributed by atoms with Crippen LogP contribution in [0.3, 0.4) is 0 Å². The molecule has 1 atom stereocenters. The van der Waals surface area contributed by atoms with Crippen LogP contribution < -0.4 is 5.32 Å². The number of aryl methyl sites for hydroxylation is 1. The number of rotatable bonds is 4. The van der Waals surface area contributed by atoms with Crippen molar-refractivity contribution < 1.29 is 4.39 Å². The van der Waals surface area contributed by atoms with Gasteiger partial charge in [0.1, 0.15) is 5.82 Å². The minimum atomic E-state index is -0.186. The first kappa shape index (κ1) is 12.7. The van der Waals surface area contributed by atoms with Crippen molar-refractivity contribution >= 4 is 0 Å². The Labute approximate surface area is 107 Å². The molecule has 2 aromatic rings. The maximum Gasteiger partial charge on any atom is 0.123 e. The summed E-state index contributed by atoms with van der Waals surface area (Å²) in [5.41, 5.74) is 3.09. The van der Waals surface area contributed by atoms with Crippen molar-refractivity contribution in [2.45, 2.75) is 26.4 Å². The quantitative estimate of drug-likeness (QED) is 0.891. The van der Waals surface area contributed by atoms with Gasteiger partial charge in [-0.25, -0.2) is 4.39 Å². The summed E-state index contributed by atoms with van der Waals surface area (Å²) in [6.07, 6.45) is 1.79. The number of hydrogen-bond acceptors (Lipinski definition) is 2. The maximum atomic E-state index is 13.0. The number of pyridine rings is 1. The highest BCUT2D eigenvalue weighted by atomic mass is 19.1. The Bertz CT molecular complexity index is 511. The van der Waals surface area contributed by atoms with E-state index in [1.54, 1.807) is 12.3 Å². The Morgan fingerprint density at radius 3 is 2.78 bits per heavy atom. The molecule has 1 heterocycles. The first-order valence-corrected chi connectivity index (χ1v) is 6.06. The predicted molar refractivity (Wildman–Crippen MR) is 70.6 cm³/mol. The van der Waals surface area contributed by atoms with E-state index in [0.29, 0.717) is 6.54 Å². The second-order valence-electron chi connectivity index (χ2n) is 4.43. The minimum Gasteiger partial charge on any atom is -0.305 e. The first-order valence-electron chi connectivity index (χ1n) is 6.06. The lowest BCUT2D eigenvalue weighted by molar-refractivity contribution is 0.558. The summed E-state index contributed by atoms with van der Waals surface area (Å²) in [5.74, 6) is -0.186. The third-order valence-corrected chi connectivity index (χ3v) is 3.03. The number of nitrogens with zero attached hydrogens (tertiary/aromatic N) is 1. The van der Waals surface area contributed by atoms with Crippen LogP contribution in [0.15, 0.2) is 42.6 Å². The summed E-state index contributed by atoms with van der Waals surface area (Å²) in [5, 5.41) is 3.39. The smallest absolute Gasteiger partial charge is 0.123 e. The monoisotopic (exact) mass is 244 g/mol. The molecule has 0 fully saturated rings. The van der Waals surface area contributed by atoms with E-state index < -0.39 is 0 Å². The SMILES string of the molecule is Cc1cc(F)ccc1CN[C@H](C)c1ccccn1. The molecular weight excluding hydrogens is 227 g/mol. The van der Waals surface area contributed by atoms with Crippen LogP contribution in [0.4, 0.5) is 4.39 Å². The van der Waals surface area contributed by atoms with Crippen LogP contribution in [0, 0.1) is 12.7 Å². The Balaban J connectivity index is 1.99. The molecule has 18 heavy (non-hydrogen) atoms. The van der Waals surface area contributed by atoms with E-state index in [1.165, 1.54) is 6.07 Å². The van der Waals surface area contributed by atoms with Crippen LogP contribution in [0.1, 0.15) is 29.8 Å². The molecule has 0 aliphatic rings. The molecule has 1 aromatic heterocycles. The molecule has 0 saturated heterocycles. The van der Waals surface area contributed by atoms with Crippen LogP contribution in [0.5, 0.6) is 0 Å². The summed E-state index contributed by atoms with van der Waals surface area (Å²) in [7, 11) is 0. The lowest BCUT2D eigenvalue weighted by Gasteiger charge is -2.14. The molecule has 0 aliphatic carbocycles. The van der Waals surface area contributed by atoms with E-state index in [9.17, 15) is 4.39 Å². The molecule has 1 aromatic carbocycles. The lowest BCUT2D eigenvalue weighted by Crippen LogP contribution is -2.19. The van der Waals surface area contributed by atoms with E-state index in [-0.39, 0.29) is 11.9 Å². The van der Waals surface area contributed by atoms with Crippen molar-refractivity contribution in [2.75, 3.05) is 0 Å². The van der Waals surface area contributed by atoms with Gasteiger partial charge in [0.25, 0.3) is 0 Å². The van der Waals surface area contributed by atoms with Gasteiger partial charge in [0.2, 0.25) is 0 Å². The second-order valence-corrected chi connectivity index (χ2v) is 4.43. The van der Waals surface area contributed by atoms with Crippen LogP contribution in [-0.2, 0) is 6.54 Å². The third-order valence-electron chi connectivity index (χ3n) is 3.03. The van der Waals surface area contributed by atoms with Gasteiger partial charge < -0.3 is 5.32 Å². The van der Waals surface area contributed by atoms with Crippen molar-refractivity contribution in [3.8, 4) is 0 Å². The predicted octanol–water partition coefficient (Wildman–Crippen LogP) is 3.38. The molecule has 0 aliphatic heterocycles. The summed E-state index contributed by atoms with van der Waals surface area (Å²) in [4.78, 5) is 4.30. The van der Waals surface area contributed by atoms with Crippen LogP contribution in [0.25, 0.3) is 0 Å². The van der Waals surface area contributed by atoms with Gasteiger partial charge in [-0.1, -0.05) is 12.1 Å². The number of aromatic nitrogens is 1. The molecule has 0 radical (unpaired) electrons. The number of hydrogen-bond donors (Lipinski definition) is 1. The van der Waals surface area contributed by atoms with Crippen molar-refractivity contribution in [3.05, 3.63) is 65.2 Å². The summed E-state index contributed by atoms with van der Waals surface area (Å²) in [6, 6.07) is 10.9. The average Bonchev–Trinajstić information content (AvgIpc) is 2.38. The van der Waals surface area contributed by atoms with Crippen molar-refractivity contribution in [3.63, 3.8) is 0 Å². The highest BCUT2D eigenvalue weighted by molar-refractivity contribution is 5.26. The zero-order valence-corrected chi connectivity index (χ0v) is 10.7. The molecule has 0 bridgehead atoms. The van der Waals surface area contributed by atoms with Gasteiger partial charge in [0.05, 0.1) is 5.69 Å². The average molecular weight is 244 g/mol. The summed E-state index contributed by atoms with van der Waals surface area (Å²) in [6.45, 7) is 4.70. The van der Waals surface area contributed by atoms with Crippen LogP contribution in [0.2, 0.25) is 0 Å². The van der Waals surface area contributed by atoms with Gasteiger partial charge in [-0.3, -0.25) is 4.98 Å². The first-order chi connectivity index (χ1) is 8.66. The fourth-order valence-electron chi connectivity index (χ4n) is 1.86. The normalized spacial score (nSPS) is 12.4. The van der Waals surface area contributed by atoms with Gasteiger partial charge >= 0.3 is 0 Å². The van der Waals surface area contributed by atoms with E-state index in [0.717, 1.165) is 16.8 Å². The largest absolute Gasteiger partial charge is 0.305 e. The molecule has 0 amide bonds. The molecule has 0 spiro atoms. The van der Waals surface area contributed by atoms with Crippen molar-refractivity contribution in [1.82, 2.24) is 10.3 Å². The minimum absolute atomic E-state index is 0.177. The molecule has 1 N–H and O–H groups in total. The summed E-state index contributed by atoms with van der Waals surface area (Å²) < 4.78 is 13.0. The van der Waals surface area contributed by atoms with Crippen LogP contribution >= 0.6 is 0 Å². The molecule has 3 heteroatoms. The van der Waals surface area contributed by atoms with Gasteiger partial charge in [0, 0.05) is 18.8 Å². The second kappa shape index (κ2) is 5.74. The zero-order chi connectivity index (χ0) is 13.0. The lowest BCUT2D eigenvalue weighted by atomic mass is 10.1. The molecule has 2 nitrogen and oxygen atoms in total. The van der Waals surface area contributed by atoms with Gasteiger partial charge in [-0.2, -0.15) is 0 Å².